The van der Waals surface area contributed by atoms with Crippen LogP contribution in [0.3, 0.4) is 0 Å². The molecule has 5 heterocycles. The van der Waals surface area contributed by atoms with Crippen LogP contribution >= 0.6 is 0 Å². The van der Waals surface area contributed by atoms with E-state index >= 15 is 0 Å². The zero-order valence-electron chi connectivity index (χ0n) is 23.0. The number of fused-ring (bicyclic) bond motifs is 3. The van der Waals surface area contributed by atoms with Gasteiger partial charge in [0.25, 0.3) is 5.91 Å². The SMILES string of the molecule is O=C1C2N(CCCO)C(=O)[C@@H]3[C@@H]4C(=O)N(Cc5ccccc5)CC=C[C@@H]4O[C@]23C=CCN1Cn1nnc2ccccc21. The van der Waals surface area contributed by atoms with E-state index in [0.29, 0.717) is 19.5 Å². The highest BCUT2D eigenvalue weighted by atomic mass is 16.5. The van der Waals surface area contributed by atoms with E-state index in [4.69, 9.17) is 4.74 Å². The second-order valence-corrected chi connectivity index (χ2v) is 11.3. The highest BCUT2D eigenvalue weighted by Gasteiger charge is 2.71. The molecule has 216 valence electrons. The summed E-state index contributed by atoms with van der Waals surface area (Å²) >= 11 is 0. The van der Waals surface area contributed by atoms with Gasteiger partial charge in [-0.05, 0) is 24.1 Å². The van der Waals surface area contributed by atoms with E-state index in [1.54, 1.807) is 14.5 Å². The molecular weight excluding hydrogens is 536 g/mol. The van der Waals surface area contributed by atoms with E-state index in [9.17, 15) is 19.5 Å². The normalized spacial score (nSPS) is 28.7. The summed E-state index contributed by atoms with van der Waals surface area (Å²) < 4.78 is 8.35. The van der Waals surface area contributed by atoms with Crippen LogP contribution in [0.15, 0.2) is 78.9 Å². The Bertz CT molecular complexity index is 1590. The van der Waals surface area contributed by atoms with Crippen molar-refractivity contribution in [3.63, 3.8) is 0 Å². The van der Waals surface area contributed by atoms with Gasteiger partial charge < -0.3 is 24.5 Å². The fourth-order valence-corrected chi connectivity index (χ4v) is 6.97. The molecule has 2 saturated heterocycles. The molecule has 1 aromatic heterocycles. The number of likely N-dealkylation sites (tertiary alicyclic amines) is 1. The van der Waals surface area contributed by atoms with Crippen molar-refractivity contribution in [3.8, 4) is 0 Å². The Morgan fingerprint density at radius 2 is 1.71 bits per heavy atom. The first-order valence-corrected chi connectivity index (χ1v) is 14.3. The molecule has 5 atom stereocenters. The van der Waals surface area contributed by atoms with Crippen molar-refractivity contribution in [2.45, 2.75) is 37.4 Å². The number of para-hydroxylation sites is 1. The average Bonchev–Trinajstić information content (AvgIpc) is 3.56. The highest BCUT2D eigenvalue weighted by Crippen LogP contribution is 2.53. The fraction of sp³-hybridized carbons (Fsp3) is 0.387. The van der Waals surface area contributed by atoms with Crippen molar-refractivity contribution in [1.82, 2.24) is 29.7 Å². The van der Waals surface area contributed by atoms with E-state index in [-0.39, 0.29) is 44.1 Å². The minimum Gasteiger partial charge on any atom is -0.396 e. The molecule has 0 saturated carbocycles. The minimum absolute atomic E-state index is 0.133. The molecule has 1 spiro atoms. The quantitative estimate of drug-likeness (QED) is 0.427. The molecule has 0 aliphatic carbocycles. The number of hydrogen-bond donors (Lipinski definition) is 1. The number of aliphatic hydroxyl groups excluding tert-OH is 1. The number of amides is 3. The van der Waals surface area contributed by atoms with Gasteiger partial charge in [0.05, 0.1) is 23.5 Å². The standard InChI is InChI=1S/C31H32N6O5/c38-18-8-17-36-27-30(41)35(20-37-23-12-5-4-11-22(23)32-33-37)16-7-14-31(27)26(29(36)40)25-24(42-31)13-6-15-34(28(25)39)19-21-9-2-1-3-10-21/h1-7,9-14,24-27,38H,8,15-20H2/t24-,25+,26-,27?,31-/m0/s1. The van der Waals surface area contributed by atoms with Crippen molar-refractivity contribution in [3.05, 3.63) is 84.5 Å². The zero-order valence-corrected chi connectivity index (χ0v) is 23.0. The van der Waals surface area contributed by atoms with Gasteiger partial charge in [0.2, 0.25) is 11.8 Å². The van der Waals surface area contributed by atoms with E-state index < -0.39 is 29.6 Å². The summed E-state index contributed by atoms with van der Waals surface area (Å²) in [5, 5.41) is 18.1. The first-order valence-electron chi connectivity index (χ1n) is 14.3. The molecule has 4 aliphatic rings. The molecular formula is C31H32N6O5. The molecule has 2 aromatic carbocycles. The summed E-state index contributed by atoms with van der Waals surface area (Å²) in [6.07, 6.45) is 7.12. The maximum Gasteiger partial charge on any atom is 0.250 e. The Morgan fingerprint density at radius 3 is 2.55 bits per heavy atom. The lowest BCUT2D eigenvalue weighted by Gasteiger charge is -2.35. The van der Waals surface area contributed by atoms with Crippen molar-refractivity contribution in [2.75, 3.05) is 26.2 Å². The van der Waals surface area contributed by atoms with Gasteiger partial charge in [-0.1, -0.05) is 72.0 Å². The minimum atomic E-state index is -1.31. The topological polar surface area (TPSA) is 121 Å². The first kappa shape index (κ1) is 26.5. The number of ether oxygens (including phenoxy) is 1. The number of carbonyl (C=O) groups is 3. The third-order valence-corrected chi connectivity index (χ3v) is 8.82. The van der Waals surface area contributed by atoms with Gasteiger partial charge in [0.15, 0.2) is 0 Å². The first-order chi connectivity index (χ1) is 20.5. The molecule has 3 amide bonds. The molecule has 0 bridgehead atoms. The van der Waals surface area contributed by atoms with Crippen molar-refractivity contribution >= 4 is 28.8 Å². The number of carbonyl (C=O) groups excluding carboxylic acids is 3. The molecule has 11 heteroatoms. The van der Waals surface area contributed by atoms with Gasteiger partial charge in [0.1, 0.15) is 23.8 Å². The van der Waals surface area contributed by atoms with E-state index in [2.05, 4.69) is 10.3 Å². The molecule has 1 unspecified atom stereocenters. The lowest BCUT2D eigenvalue weighted by atomic mass is 9.77. The monoisotopic (exact) mass is 568 g/mol. The van der Waals surface area contributed by atoms with Crippen LogP contribution < -0.4 is 0 Å². The predicted molar refractivity (Wildman–Crippen MR) is 151 cm³/mol. The summed E-state index contributed by atoms with van der Waals surface area (Å²) in [4.78, 5) is 47.6. The number of rotatable bonds is 7. The Balaban J connectivity index is 1.24. The molecule has 11 nitrogen and oxygen atoms in total. The molecule has 7 rings (SSSR count). The third-order valence-electron chi connectivity index (χ3n) is 8.82. The summed E-state index contributed by atoms with van der Waals surface area (Å²) in [5.41, 5.74) is 1.19. The van der Waals surface area contributed by atoms with Crippen LogP contribution in [0.4, 0.5) is 0 Å². The molecule has 2 fully saturated rings. The average molecular weight is 569 g/mol. The number of benzene rings is 2. The van der Waals surface area contributed by atoms with Crippen LogP contribution in [-0.4, -0.2) is 96.5 Å². The smallest absolute Gasteiger partial charge is 0.250 e. The van der Waals surface area contributed by atoms with Crippen LogP contribution in [0.25, 0.3) is 11.0 Å². The molecule has 0 radical (unpaired) electrons. The Kier molecular flexibility index (Phi) is 6.63. The summed E-state index contributed by atoms with van der Waals surface area (Å²) in [5.74, 6) is -2.39. The van der Waals surface area contributed by atoms with Crippen LogP contribution in [0.2, 0.25) is 0 Å². The third kappa shape index (κ3) is 4.14. The van der Waals surface area contributed by atoms with Gasteiger partial charge in [-0.25, -0.2) is 4.68 Å². The second kappa shape index (κ2) is 10.5. The summed E-state index contributed by atoms with van der Waals surface area (Å²) in [6, 6.07) is 16.3. The molecule has 3 aromatic rings. The number of aliphatic hydroxyl groups is 1. The molecule has 42 heavy (non-hydrogen) atoms. The van der Waals surface area contributed by atoms with Gasteiger partial charge in [-0.15, -0.1) is 5.10 Å². The number of hydrogen-bond acceptors (Lipinski definition) is 7. The zero-order chi connectivity index (χ0) is 28.8. The number of nitrogens with zero attached hydrogens (tertiary/aromatic N) is 6. The summed E-state index contributed by atoms with van der Waals surface area (Å²) in [7, 11) is 0. The van der Waals surface area contributed by atoms with Crippen LogP contribution in [0.5, 0.6) is 0 Å². The van der Waals surface area contributed by atoms with Gasteiger partial charge in [-0.2, -0.15) is 0 Å². The van der Waals surface area contributed by atoms with E-state index in [1.807, 2.05) is 78.9 Å². The fourth-order valence-electron chi connectivity index (χ4n) is 6.97. The van der Waals surface area contributed by atoms with Crippen molar-refractivity contribution in [2.24, 2.45) is 11.8 Å². The lowest BCUT2D eigenvalue weighted by molar-refractivity contribution is -0.149. The second-order valence-electron chi connectivity index (χ2n) is 11.3. The Hall–Kier alpha value is -4.35. The summed E-state index contributed by atoms with van der Waals surface area (Å²) in [6.45, 7) is 1.28. The maximum atomic E-state index is 14.4. The van der Waals surface area contributed by atoms with Crippen LogP contribution in [0, 0.1) is 11.8 Å². The Morgan fingerprint density at radius 1 is 0.929 bits per heavy atom. The largest absolute Gasteiger partial charge is 0.396 e. The lowest BCUT2D eigenvalue weighted by Crippen LogP contribution is -2.55. The molecule has 1 N–H and O–H groups in total. The highest BCUT2D eigenvalue weighted by molar-refractivity contribution is 5.99. The van der Waals surface area contributed by atoms with Gasteiger partial charge in [-0.3, -0.25) is 14.4 Å². The van der Waals surface area contributed by atoms with Gasteiger partial charge >= 0.3 is 0 Å². The van der Waals surface area contributed by atoms with Crippen LogP contribution in [0.1, 0.15) is 12.0 Å². The maximum absolute atomic E-state index is 14.4. The van der Waals surface area contributed by atoms with Crippen molar-refractivity contribution in [1.29, 1.82) is 0 Å². The molecule has 4 aliphatic heterocycles. The Labute approximate surface area is 242 Å². The van der Waals surface area contributed by atoms with Gasteiger partial charge in [0, 0.05) is 32.8 Å². The predicted octanol–water partition coefficient (Wildman–Crippen LogP) is 1.35. The van der Waals surface area contributed by atoms with E-state index in [1.165, 1.54) is 4.90 Å². The van der Waals surface area contributed by atoms with E-state index in [0.717, 1.165) is 16.6 Å². The number of aromatic nitrogens is 3. The van der Waals surface area contributed by atoms with Crippen LogP contribution in [-0.2, 0) is 32.3 Å². The van der Waals surface area contributed by atoms with Crippen molar-refractivity contribution < 1.29 is 24.2 Å².